The first-order valence-electron chi connectivity index (χ1n) is 9.56. The van der Waals surface area contributed by atoms with Gasteiger partial charge >= 0.3 is 0 Å². The topological polar surface area (TPSA) is 39.3 Å². The fraction of sp³-hybridized carbons (Fsp3) is 0.0833. The highest BCUT2D eigenvalue weighted by molar-refractivity contribution is 6.36. The number of rotatable bonds is 0. The van der Waals surface area contributed by atoms with E-state index in [0.717, 1.165) is 51.4 Å². The predicted molar refractivity (Wildman–Crippen MR) is 114 cm³/mol. The van der Waals surface area contributed by atoms with Crippen molar-refractivity contribution in [1.82, 2.24) is 9.13 Å². The van der Waals surface area contributed by atoms with Crippen molar-refractivity contribution in [3.63, 3.8) is 0 Å². The van der Waals surface area contributed by atoms with Crippen molar-refractivity contribution in [2.75, 3.05) is 0 Å². The second kappa shape index (κ2) is 4.78. The third-order valence-electron chi connectivity index (χ3n) is 6.22. The Hall–Kier alpha value is -3.66. The molecular formula is C24H15N3O. The number of aliphatic imine (C=N–C) groups is 1. The van der Waals surface area contributed by atoms with Crippen molar-refractivity contribution in [3.8, 4) is 0 Å². The number of benzene rings is 3. The average Bonchev–Trinajstić information content (AvgIpc) is 3.34. The molecule has 0 saturated carbocycles. The number of carbonyl (C=O) groups is 1. The number of carbonyl (C=O) groups excluding carboxylic acids is 1. The molecule has 0 atom stereocenters. The molecule has 28 heavy (non-hydrogen) atoms. The van der Waals surface area contributed by atoms with Crippen LogP contribution in [0.4, 0.5) is 0 Å². The second-order valence-corrected chi connectivity index (χ2v) is 7.53. The zero-order chi connectivity index (χ0) is 18.4. The van der Waals surface area contributed by atoms with Gasteiger partial charge in [-0.1, -0.05) is 48.6 Å². The van der Waals surface area contributed by atoms with Crippen molar-refractivity contribution in [2.45, 2.75) is 13.1 Å². The molecule has 3 aromatic carbocycles. The molecule has 2 aromatic heterocycles. The van der Waals surface area contributed by atoms with Crippen LogP contribution in [-0.4, -0.2) is 21.3 Å². The quantitative estimate of drug-likeness (QED) is 0.356. The van der Waals surface area contributed by atoms with Gasteiger partial charge < -0.3 is 9.13 Å². The Morgan fingerprint density at radius 1 is 0.750 bits per heavy atom. The Balaban J connectivity index is 1.94. The summed E-state index contributed by atoms with van der Waals surface area (Å²) in [6, 6.07) is 16.9. The van der Waals surface area contributed by atoms with Crippen LogP contribution < -0.4 is 0 Å². The molecule has 1 amide bonds. The second-order valence-electron chi connectivity index (χ2n) is 7.53. The van der Waals surface area contributed by atoms with E-state index in [-0.39, 0.29) is 5.91 Å². The van der Waals surface area contributed by atoms with Gasteiger partial charge in [-0.25, -0.2) is 4.99 Å². The number of hydrogen-bond donors (Lipinski definition) is 0. The van der Waals surface area contributed by atoms with Gasteiger partial charge in [0, 0.05) is 57.4 Å². The Morgan fingerprint density at radius 2 is 1.32 bits per heavy atom. The van der Waals surface area contributed by atoms with Crippen LogP contribution in [0.3, 0.4) is 0 Å². The van der Waals surface area contributed by atoms with E-state index in [2.05, 4.69) is 68.7 Å². The van der Waals surface area contributed by atoms with Crippen LogP contribution in [0.15, 0.2) is 65.7 Å². The number of amides is 1. The van der Waals surface area contributed by atoms with E-state index in [1.165, 1.54) is 16.4 Å². The van der Waals surface area contributed by atoms with Crippen LogP contribution in [-0.2, 0) is 13.1 Å². The largest absolute Gasteiger partial charge is 0.335 e. The van der Waals surface area contributed by atoms with Crippen molar-refractivity contribution in [2.24, 2.45) is 4.99 Å². The molecule has 2 aliphatic heterocycles. The van der Waals surface area contributed by atoms with E-state index in [1.54, 1.807) is 6.21 Å². The molecule has 4 nitrogen and oxygen atoms in total. The van der Waals surface area contributed by atoms with Crippen molar-refractivity contribution in [3.05, 3.63) is 71.8 Å². The molecule has 4 heterocycles. The molecule has 5 aromatic rings. The molecule has 0 unspecified atom stereocenters. The lowest BCUT2D eigenvalue weighted by molar-refractivity contribution is 0.101. The lowest BCUT2D eigenvalue weighted by Gasteiger charge is -2.13. The Kier molecular flexibility index (Phi) is 2.46. The highest BCUT2D eigenvalue weighted by atomic mass is 16.1. The van der Waals surface area contributed by atoms with Crippen LogP contribution in [0, 0.1) is 0 Å². The molecule has 0 bridgehead atoms. The van der Waals surface area contributed by atoms with Crippen LogP contribution in [0.5, 0.6) is 0 Å². The molecule has 0 spiro atoms. The molecule has 0 N–H and O–H groups in total. The van der Waals surface area contributed by atoms with Crippen LogP contribution >= 0.6 is 0 Å². The molecule has 7 rings (SSSR count). The number of para-hydroxylation sites is 2. The Morgan fingerprint density at radius 3 is 2.00 bits per heavy atom. The monoisotopic (exact) mass is 361 g/mol. The predicted octanol–water partition coefficient (Wildman–Crippen LogP) is 5.04. The summed E-state index contributed by atoms with van der Waals surface area (Å²) in [7, 11) is 0. The minimum absolute atomic E-state index is 0.130. The minimum atomic E-state index is -0.130. The standard InChI is InChI=1S/C24H15N3O/c28-24-21-16(13-25-24)19-14-7-1-3-9-17(14)26-11-5-6-12-27-18-10-4-2-8-15(18)20(21)23(27)22(19)26/h1-10,13H,11-12H2. The van der Waals surface area contributed by atoms with E-state index in [0.29, 0.717) is 0 Å². The molecule has 0 fully saturated rings. The van der Waals surface area contributed by atoms with E-state index in [1.807, 2.05) is 6.07 Å². The van der Waals surface area contributed by atoms with Crippen LogP contribution in [0.1, 0.15) is 15.9 Å². The van der Waals surface area contributed by atoms with Gasteiger partial charge in [-0.05, 0) is 12.1 Å². The van der Waals surface area contributed by atoms with Gasteiger partial charge in [0.05, 0.1) is 16.6 Å². The van der Waals surface area contributed by atoms with Crippen molar-refractivity contribution < 1.29 is 4.79 Å². The van der Waals surface area contributed by atoms with Crippen molar-refractivity contribution in [1.29, 1.82) is 0 Å². The van der Waals surface area contributed by atoms with Gasteiger partial charge in [0.15, 0.2) is 0 Å². The summed E-state index contributed by atoms with van der Waals surface area (Å²) >= 11 is 0. The summed E-state index contributed by atoms with van der Waals surface area (Å²) in [6.07, 6.45) is 6.23. The van der Waals surface area contributed by atoms with Gasteiger partial charge in [0.2, 0.25) is 0 Å². The third-order valence-corrected chi connectivity index (χ3v) is 6.22. The van der Waals surface area contributed by atoms with Crippen molar-refractivity contribution >= 4 is 55.7 Å². The molecule has 0 aliphatic carbocycles. The number of allylic oxidation sites excluding steroid dienone is 2. The van der Waals surface area contributed by atoms with Gasteiger partial charge in [0.1, 0.15) is 0 Å². The number of aromatic nitrogens is 2. The first kappa shape index (κ1) is 14.4. The zero-order valence-corrected chi connectivity index (χ0v) is 15.0. The SMILES string of the molecule is O=C1N=Cc2c1c1c3ccccc3n3c1c1c2c2ccccc2n1CC=CC3. The lowest BCUT2D eigenvalue weighted by Crippen LogP contribution is -2.05. The maximum absolute atomic E-state index is 12.9. The maximum Gasteiger partial charge on any atom is 0.278 e. The van der Waals surface area contributed by atoms with Crippen LogP contribution in [0.2, 0.25) is 0 Å². The third kappa shape index (κ3) is 1.50. The summed E-state index contributed by atoms with van der Waals surface area (Å²) in [4.78, 5) is 17.1. The van der Waals surface area contributed by atoms with Gasteiger partial charge in [-0.2, -0.15) is 0 Å². The summed E-state index contributed by atoms with van der Waals surface area (Å²) < 4.78 is 4.73. The summed E-state index contributed by atoms with van der Waals surface area (Å²) in [5.74, 6) is -0.130. The normalized spacial score (nSPS) is 15.4. The lowest BCUT2D eigenvalue weighted by atomic mass is 9.97. The highest BCUT2D eigenvalue weighted by Crippen LogP contribution is 2.44. The summed E-state index contributed by atoms with van der Waals surface area (Å²) in [5, 5.41) is 4.50. The van der Waals surface area contributed by atoms with Gasteiger partial charge in [0.25, 0.3) is 5.91 Å². The Bertz CT molecular complexity index is 1580. The molecule has 4 heteroatoms. The molecule has 0 radical (unpaired) electrons. The van der Waals surface area contributed by atoms with E-state index in [4.69, 9.17) is 0 Å². The highest BCUT2D eigenvalue weighted by Gasteiger charge is 2.30. The maximum atomic E-state index is 12.9. The fourth-order valence-corrected chi connectivity index (χ4v) is 5.16. The molecule has 2 aliphatic rings. The number of fused-ring (bicyclic) bond motifs is 9. The molecule has 132 valence electrons. The Labute approximate surface area is 160 Å². The van der Waals surface area contributed by atoms with E-state index < -0.39 is 0 Å². The summed E-state index contributed by atoms with van der Waals surface area (Å²) in [6.45, 7) is 1.62. The number of hydrogen-bond acceptors (Lipinski definition) is 1. The fourth-order valence-electron chi connectivity index (χ4n) is 5.16. The van der Waals surface area contributed by atoms with E-state index in [9.17, 15) is 4.79 Å². The molecule has 0 saturated heterocycles. The van der Waals surface area contributed by atoms with Gasteiger partial charge in [-0.3, -0.25) is 4.79 Å². The smallest absolute Gasteiger partial charge is 0.278 e. The number of nitrogens with zero attached hydrogens (tertiary/aromatic N) is 3. The average molecular weight is 361 g/mol. The van der Waals surface area contributed by atoms with Gasteiger partial charge in [-0.15, -0.1) is 0 Å². The zero-order valence-electron chi connectivity index (χ0n) is 15.0. The first-order chi connectivity index (χ1) is 13.8. The summed E-state index contributed by atoms with van der Waals surface area (Å²) in [5.41, 5.74) is 6.43. The first-order valence-corrected chi connectivity index (χ1v) is 9.56. The molecular weight excluding hydrogens is 346 g/mol. The van der Waals surface area contributed by atoms with E-state index >= 15 is 0 Å². The van der Waals surface area contributed by atoms with Crippen LogP contribution in [0.25, 0.3) is 43.6 Å². The minimum Gasteiger partial charge on any atom is -0.335 e.